The van der Waals surface area contributed by atoms with Gasteiger partial charge in [0.15, 0.2) is 5.71 Å². The van der Waals surface area contributed by atoms with E-state index in [0.29, 0.717) is 18.8 Å². The summed E-state index contributed by atoms with van der Waals surface area (Å²) in [6.07, 6.45) is 4.07. The molecule has 0 radical (unpaired) electrons. The average molecular weight is 430 g/mol. The molecule has 3 rings (SSSR count). The van der Waals surface area contributed by atoms with Crippen LogP contribution in [0, 0.1) is 0 Å². The highest BCUT2D eigenvalue weighted by Gasteiger charge is 2.44. The highest BCUT2D eigenvalue weighted by Crippen LogP contribution is 2.41. The number of ether oxygens (including phenoxy) is 1. The van der Waals surface area contributed by atoms with E-state index in [0.717, 1.165) is 22.6 Å². The van der Waals surface area contributed by atoms with Gasteiger partial charge >= 0.3 is 0 Å². The van der Waals surface area contributed by atoms with Crippen LogP contribution in [0.4, 0.5) is 11.4 Å². The quantitative estimate of drug-likeness (QED) is 0.360. The Morgan fingerprint density at radius 3 is 2.57 bits per heavy atom. The van der Waals surface area contributed by atoms with Crippen molar-refractivity contribution in [2.24, 2.45) is 0 Å². The topological polar surface area (TPSA) is 95.7 Å². The molecule has 0 saturated heterocycles. The first-order valence-electron chi connectivity index (χ1n) is 9.55. The maximum Gasteiger partial charge on any atom is 0.298 e. The second-order valence-corrected chi connectivity index (χ2v) is 9.11. The van der Waals surface area contributed by atoms with Crippen molar-refractivity contribution in [2.45, 2.75) is 25.7 Å². The van der Waals surface area contributed by atoms with E-state index in [1.807, 2.05) is 59.3 Å². The summed E-state index contributed by atoms with van der Waals surface area (Å²) in [4.78, 5) is 10.7. The van der Waals surface area contributed by atoms with Gasteiger partial charge in [-0.25, -0.2) is 0 Å². The number of fused-ring (bicyclic) bond motifs is 1. The minimum atomic E-state index is -4.03. The van der Waals surface area contributed by atoms with Crippen LogP contribution in [0.25, 0.3) is 0 Å². The largest absolute Gasteiger partial charge is 0.429 e. The van der Waals surface area contributed by atoms with Crippen LogP contribution in [-0.4, -0.2) is 42.0 Å². The first-order chi connectivity index (χ1) is 14.2. The van der Waals surface area contributed by atoms with Gasteiger partial charge in [-0.3, -0.25) is 9.35 Å². The highest BCUT2D eigenvalue weighted by atomic mass is 32.2. The van der Waals surface area contributed by atoms with Crippen molar-refractivity contribution in [1.29, 1.82) is 0 Å². The van der Waals surface area contributed by atoms with E-state index in [-0.39, 0.29) is 12.2 Å². The second-order valence-electron chi connectivity index (χ2n) is 7.54. The molecule has 0 unspecified atom stereocenters. The molecule has 158 valence electrons. The molecule has 2 aromatic carbocycles. The molecule has 0 fully saturated rings. The van der Waals surface area contributed by atoms with Crippen molar-refractivity contribution in [3.8, 4) is 5.75 Å². The molecule has 2 aromatic rings. The van der Waals surface area contributed by atoms with Gasteiger partial charge in [-0.05, 0) is 38.1 Å². The number of carbonyl (C=O) groups excluding carboxylic acids is 1. The lowest BCUT2D eigenvalue weighted by Gasteiger charge is -2.16. The van der Waals surface area contributed by atoms with Crippen LogP contribution in [0.2, 0.25) is 0 Å². The number of allylic oxidation sites excluding steroid dienone is 1. The molecule has 0 bridgehead atoms. The van der Waals surface area contributed by atoms with Gasteiger partial charge < -0.3 is 10.1 Å². The molecule has 1 heterocycles. The number of nitrogens with one attached hydrogen (secondary N) is 1. The van der Waals surface area contributed by atoms with E-state index in [1.165, 1.54) is 0 Å². The van der Waals surface area contributed by atoms with E-state index in [4.69, 9.17) is 9.29 Å². The number of nitrogens with zero attached hydrogens (tertiary/aromatic N) is 1. The maximum absolute atomic E-state index is 11.2. The standard InChI is InChI=1S/C22H24N2O5S/c1-22(2)19-15-18(29-16-25)9-10-20(19)24(13-6-14-30(26,27)28)21(22)11-12-23-17-7-4-3-5-8-17/h3-5,7-12,15-16H,6,13-14H2,1-2H3,(H,26,27,28)/p+1. The van der Waals surface area contributed by atoms with Crippen molar-refractivity contribution in [2.75, 3.05) is 17.6 Å². The van der Waals surface area contributed by atoms with Crippen molar-refractivity contribution in [1.82, 2.24) is 0 Å². The molecule has 1 aliphatic heterocycles. The minimum Gasteiger partial charge on any atom is -0.429 e. The summed E-state index contributed by atoms with van der Waals surface area (Å²) in [6.45, 7) is 4.92. The number of hydrogen-bond donors (Lipinski definition) is 2. The van der Waals surface area contributed by atoms with Gasteiger partial charge in [0.25, 0.3) is 16.6 Å². The van der Waals surface area contributed by atoms with Crippen molar-refractivity contribution in [3.63, 3.8) is 0 Å². The predicted molar refractivity (Wildman–Crippen MR) is 116 cm³/mol. The van der Waals surface area contributed by atoms with Crippen LogP contribution in [0.3, 0.4) is 0 Å². The van der Waals surface area contributed by atoms with E-state index in [2.05, 4.69) is 19.2 Å². The van der Waals surface area contributed by atoms with E-state index in [1.54, 1.807) is 6.07 Å². The maximum atomic E-state index is 11.2. The van der Waals surface area contributed by atoms with Crippen LogP contribution in [0.1, 0.15) is 25.8 Å². The fourth-order valence-electron chi connectivity index (χ4n) is 3.68. The van der Waals surface area contributed by atoms with Gasteiger partial charge in [-0.15, -0.1) is 0 Å². The first kappa shape index (κ1) is 21.7. The molecule has 8 heteroatoms. The molecular formula is C22H25N2O5S+. The predicted octanol–water partition coefficient (Wildman–Crippen LogP) is 3.50. The van der Waals surface area contributed by atoms with Crippen LogP contribution in [0.5, 0.6) is 5.75 Å². The fourth-order valence-corrected chi connectivity index (χ4v) is 4.17. The third-order valence-electron chi connectivity index (χ3n) is 5.10. The molecular weight excluding hydrogens is 404 g/mol. The van der Waals surface area contributed by atoms with Crippen molar-refractivity contribution >= 4 is 33.7 Å². The van der Waals surface area contributed by atoms with Gasteiger partial charge in [-0.2, -0.15) is 13.0 Å². The van der Waals surface area contributed by atoms with Gasteiger partial charge in [0.2, 0.25) is 5.69 Å². The lowest BCUT2D eigenvalue weighted by atomic mass is 9.81. The lowest BCUT2D eigenvalue weighted by Crippen LogP contribution is -2.28. The van der Waals surface area contributed by atoms with Crippen LogP contribution in [-0.2, 0) is 20.3 Å². The Morgan fingerprint density at radius 1 is 1.17 bits per heavy atom. The molecule has 0 aliphatic carbocycles. The molecule has 2 N–H and O–H groups in total. The average Bonchev–Trinajstić information content (AvgIpc) is 2.89. The molecule has 0 saturated carbocycles. The Morgan fingerprint density at radius 2 is 1.90 bits per heavy atom. The third-order valence-corrected chi connectivity index (χ3v) is 5.90. The Hall–Kier alpha value is -2.97. The van der Waals surface area contributed by atoms with Gasteiger partial charge in [0.05, 0.1) is 11.2 Å². The molecule has 0 spiro atoms. The smallest absolute Gasteiger partial charge is 0.298 e. The zero-order valence-corrected chi connectivity index (χ0v) is 17.7. The summed E-state index contributed by atoms with van der Waals surface area (Å²) in [6, 6.07) is 15.1. The molecule has 0 amide bonds. The second kappa shape index (κ2) is 8.81. The Balaban J connectivity index is 1.95. The fraction of sp³-hybridized carbons (Fsp3) is 0.273. The lowest BCUT2D eigenvalue weighted by molar-refractivity contribution is -0.437. The summed E-state index contributed by atoms with van der Waals surface area (Å²) in [7, 11) is -4.03. The molecule has 1 aliphatic rings. The molecule has 0 aromatic heterocycles. The van der Waals surface area contributed by atoms with E-state index >= 15 is 0 Å². The zero-order chi connectivity index (χ0) is 21.8. The van der Waals surface area contributed by atoms with Crippen LogP contribution < -0.4 is 10.1 Å². The van der Waals surface area contributed by atoms with Crippen molar-refractivity contribution < 1.29 is 27.1 Å². The summed E-state index contributed by atoms with van der Waals surface area (Å²) in [5, 5.41) is 3.23. The summed E-state index contributed by atoms with van der Waals surface area (Å²) in [5.41, 5.74) is 3.37. The number of carbonyl (C=O) groups is 1. The molecule has 7 nitrogen and oxygen atoms in total. The van der Waals surface area contributed by atoms with Gasteiger partial charge in [0, 0.05) is 36.0 Å². The third kappa shape index (κ3) is 4.95. The Kier molecular flexibility index (Phi) is 6.38. The Labute approximate surface area is 176 Å². The minimum absolute atomic E-state index is 0.268. The SMILES string of the molecule is CC1(C)C(/C=C/Nc2ccccc2)=[N+](CCCS(=O)(=O)O)c2ccc(OC=O)cc21. The normalized spacial score (nSPS) is 15.3. The number of hydrogen-bond acceptors (Lipinski definition) is 5. The monoisotopic (exact) mass is 429 g/mol. The Bertz CT molecular complexity index is 1090. The zero-order valence-electron chi connectivity index (χ0n) is 16.9. The highest BCUT2D eigenvalue weighted by molar-refractivity contribution is 7.85. The van der Waals surface area contributed by atoms with Crippen LogP contribution in [0.15, 0.2) is 60.8 Å². The number of para-hydroxylation sites is 1. The van der Waals surface area contributed by atoms with Crippen LogP contribution >= 0.6 is 0 Å². The van der Waals surface area contributed by atoms with Gasteiger partial charge in [-0.1, -0.05) is 18.2 Å². The molecule has 30 heavy (non-hydrogen) atoms. The number of benzene rings is 2. The van der Waals surface area contributed by atoms with E-state index < -0.39 is 15.5 Å². The van der Waals surface area contributed by atoms with Gasteiger partial charge in [0.1, 0.15) is 12.3 Å². The summed E-state index contributed by atoms with van der Waals surface area (Å²) >= 11 is 0. The summed E-state index contributed by atoms with van der Waals surface area (Å²) in [5.74, 6) is 0.132. The number of rotatable bonds is 9. The number of anilines is 1. The molecule has 0 atom stereocenters. The first-order valence-corrected chi connectivity index (χ1v) is 11.2. The van der Waals surface area contributed by atoms with E-state index in [9.17, 15) is 13.2 Å². The summed E-state index contributed by atoms with van der Waals surface area (Å²) < 4.78 is 38.5. The van der Waals surface area contributed by atoms with Crippen molar-refractivity contribution in [3.05, 3.63) is 66.4 Å².